The molecule has 2 bridgehead atoms. The minimum atomic E-state index is -1.84. The molecule has 2 aliphatic rings. The molecule has 0 spiro atoms. The van der Waals surface area contributed by atoms with Crippen LogP contribution in [0.4, 0.5) is 0 Å². The van der Waals surface area contributed by atoms with E-state index in [9.17, 15) is 9.90 Å². The molecule has 0 radical (unpaired) electrons. The minimum Gasteiger partial charge on any atom is -0.459 e. The van der Waals surface area contributed by atoms with Crippen molar-refractivity contribution in [1.29, 1.82) is 0 Å². The summed E-state index contributed by atoms with van der Waals surface area (Å²) >= 11 is 0. The molecule has 1 N–H and O–H groups in total. The van der Waals surface area contributed by atoms with E-state index in [-0.39, 0.29) is 22.9 Å². The number of benzene rings is 2. The lowest BCUT2D eigenvalue weighted by Gasteiger charge is -2.41. The van der Waals surface area contributed by atoms with Crippen molar-refractivity contribution in [2.45, 2.75) is 59.2 Å². The van der Waals surface area contributed by atoms with Gasteiger partial charge in [-0.1, -0.05) is 95.3 Å². The molecule has 0 saturated heterocycles. The van der Waals surface area contributed by atoms with Crippen LogP contribution in [0.3, 0.4) is 0 Å². The lowest BCUT2D eigenvalue weighted by atomic mass is 9.70. The summed E-state index contributed by atoms with van der Waals surface area (Å²) in [4.78, 5) is 16.4. The maximum Gasteiger partial charge on any atom is 0.347 e. The molecule has 4 unspecified atom stereocenters. The van der Waals surface area contributed by atoms with Crippen molar-refractivity contribution < 1.29 is 14.6 Å². The van der Waals surface area contributed by atoms with Crippen molar-refractivity contribution in [1.82, 2.24) is 4.90 Å². The highest BCUT2D eigenvalue weighted by atomic mass is 16.6. The molecule has 2 aliphatic carbocycles. The van der Waals surface area contributed by atoms with E-state index in [4.69, 9.17) is 4.74 Å². The molecule has 4 rings (SSSR count). The molecule has 0 aromatic heterocycles. The molecule has 2 aromatic carbocycles. The highest BCUT2D eigenvalue weighted by Crippen LogP contribution is 2.68. The molecule has 4 nitrogen and oxygen atoms in total. The number of rotatable bonds is 8. The van der Waals surface area contributed by atoms with Gasteiger partial charge in [0.2, 0.25) is 5.60 Å². The smallest absolute Gasteiger partial charge is 0.347 e. The first-order valence-electron chi connectivity index (χ1n) is 12.5. The Morgan fingerprint density at radius 2 is 1.52 bits per heavy atom. The van der Waals surface area contributed by atoms with Gasteiger partial charge in [0.25, 0.3) is 0 Å². The topological polar surface area (TPSA) is 49.8 Å². The summed E-state index contributed by atoms with van der Waals surface area (Å²) in [6, 6.07) is 18.4. The fraction of sp³-hybridized carbons (Fsp3) is 0.552. The molecule has 0 heterocycles. The molecular weight excluding hydrogens is 410 g/mol. The monoisotopic (exact) mass is 449 g/mol. The van der Waals surface area contributed by atoms with Crippen molar-refractivity contribution >= 4 is 5.97 Å². The Morgan fingerprint density at radius 1 is 1.00 bits per heavy atom. The summed E-state index contributed by atoms with van der Waals surface area (Å²) in [7, 11) is 0. The highest BCUT2D eigenvalue weighted by Gasteiger charge is 2.68. The number of carbonyl (C=O) groups excluding carboxylic acids is 1. The van der Waals surface area contributed by atoms with Crippen LogP contribution in [0.15, 0.2) is 60.7 Å². The van der Waals surface area contributed by atoms with Gasteiger partial charge < -0.3 is 14.7 Å². The predicted octanol–water partition coefficient (Wildman–Crippen LogP) is 5.25. The van der Waals surface area contributed by atoms with Gasteiger partial charge in [-0.15, -0.1) is 0 Å². The van der Waals surface area contributed by atoms with E-state index in [0.717, 1.165) is 26.1 Å². The zero-order chi connectivity index (χ0) is 23.9. The van der Waals surface area contributed by atoms with Crippen LogP contribution in [-0.2, 0) is 15.1 Å². The Kier molecular flexibility index (Phi) is 6.45. The van der Waals surface area contributed by atoms with E-state index >= 15 is 0 Å². The van der Waals surface area contributed by atoms with E-state index in [1.807, 2.05) is 36.4 Å². The van der Waals surface area contributed by atoms with Gasteiger partial charge in [0.1, 0.15) is 6.10 Å². The van der Waals surface area contributed by atoms with Gasteiger partial charge in [-0.3, -0.25) is 0 Å². The van der Waals surface area contributed by atoms with Crippen molar-refractivity contribution in [3.63, 3.8) is 0 Å². The standard InChI is InChI=1S/C29H39NO3/c1-6-30(7-2)20-23-24-18-19-28(5,27(24,3)4)25(23)33-26(31)29(32,21-14-10-8-11-15-21)22-16-12-9-13-17-22/h8-17,23-25,32H,6-7,18-20H2,1-5H3. The van der Waals surface area contributed by atoms with Gasteiger partial charge in [-0.2, -0.15) is 0 Å². The number of hydrogen-bond acceptors (Lipinski definition) is 4. The molecule has 33 heavy (non-hydrogen) atoms. The molecule has 0 aliphatic heterocycles. The Labute approximate surface area is 199 Å². The van der Waals surface area contributed by atoms with Gasteiger partial charge in [0.15, 0.2) is 0 Å². The highest BCUT2D eigenvalue weighted by molar-refractivity contribution is 5.85. The summed E-state index contributed by atoms with van der Waals surface area (Å²) in [5, 5.41) is 11.9. The predicted molar refractivity (Wildman–Crippen MR) is 132 cm³/mol. The van der Waals surface area contributed by atoms with Crippen LogP contribution in [0.5, 0.6) is 0 Å². The number of esters is 1. The first-order valence-corrected chi connectivity index (χ1v) is 12.5. The lowest BCUT2D eigenvalue weighted by Crippen LogP contribution is -2.48. The van der Waals surface area contributed by atoms with Crippen LogP contribution in [0.2, 0.25) is 0 Å². The van der Waals surface area contributed by atoms with Crippen LogP contribution in [-0.4, -0.2) is 41.7 Å². The SMILES string of the molecule is CCN(CC)CC1C2CCC(C)(C1OC(=O)C(O)(c1ccccc1)c1ccccc1)C2(C)C. The minimum absolute atomic E-state index is 0.0768. The maximum atomic E-state index is 13.9. The summed E-state index contributed by atoms with van der Waals surface area (Å²) in [5.74, 6) is 0.194. The molecule has 2 fully saturated rings. The van der Waals surface area contributed by atoms with Crippen LogP contribution < -0.4 is 0 Å². The van der Waals surface area contributed by atoms with Crippen molar-refractivity contribution in [3.05, 3.63) is 71.8 Å². The van der Waals surface area contributed by atoms with Crippen LogP contribution in [0.25, 0.3) is 0 Å². The molecule has 4 heteroatoms. The molecule has 4 atom stereocenters. The number of ether oxygens (including phenoxy) is 1. The van der Waals surface area contributed by atoms with E-state index in [0.29, 0.717) is 17.0 Å². The van der Waals surface area contributed by atoms with Crippen molar-refractivity contribution in [3.8, 4) is 0 Å². The second-order valence-electron chi connectivity index (χ2n) is 10.7. The summed E-state index contributed by atoms with van der Waals surface area (Å²) < 4.78 is 6.44. The maximum absolute atomic E-state index is 13.9. The zero-order valence-corrected chi connectivity index (χ0v) is 20.8. The first-order chi connectivity index (χ1) is 15.7. The second kappa shape index (κ2) is 8.88. The summed E-state index contributed by atoms with van der Waals surface area (Å²) in [5.41, 5.74) is -0.805. The van der Waals surface area contributed by atoms with Crippen LogP contribution in [0, 0.1) is 22.7 Å². The average molecular weight is 450 g/mol. The van der Waals surface area contributed by atoms with Crippen molar-refractivity contribution in [2.24, 2.45) is 22.7 Å². The third kappa shape index (κ3) is 3.72. The second-order valence-corrected chi connectivity index (χ2v) is 10.7. The van der Waals surface area contributed by atoms with Gasteiger partial charge in [0, 0.05) is 17.9 Å². The number of carbonyl (C=O) groups is 1. The zero-order valence-electron chi connectivity index (χ0n) is 20.8. The molecular formula is C29H39NO3. The first kappa shape index (κ1) is 24.0. The summed E-state index contributed by atoms with van der Waals surface area (Å²) in [6.45, 7) is 14.2. The van der Waals surface area contributed by atoms with E-state index in [1.165, 1.54) is 6.42 Å². The number of fused-ring (bicyclic) bond motifs is 2. The Hall–Kier alpha value is -2.17. The summed E-state index contributed by atoms with van der Waals surface area (Å²) in [6.07, 6.45) is 2.00. The van der Waals surface area contributed by atoms with E-state index in [2.05, 4.69) is 39.5 Å². The van der Waals surface area contributed by atoms with E-state index in [1.54, 1.807) is 24.3 Å². The quantitative estimate of drug-likeness (QED) is 0.560. The Balaban J connectivity index is 1.72. The lowest BCUT2D eigenvalue weighted by molar-refractivity contribution is -0.179. The fourth-order valence-electron chi connectivity index (χ4n) is 6.69. The Bertz CT molecular complexity index is 914. The van der Waals surface area contributed by atoms with Gasteiger partial charge in [-0.05, 0) is 48.4 Å². The van der Waals surface area contributed by atoms with Crippen LogP contribution >= 0.6 is 0 Å². The normalized spacial score (nSPS) is 28.3. The third-order valence-electron chi connectivity index (χ3n) is 9.18. The largest absolute Gasteiger partial charge is 0.459 e. The van der Waals surface area contributed by atoms with Gasteiger partial charge >= 0.3 is 5.97 Å². The van der Waals surface area contributed by atoms with Gasteiger partial charge in [0.05, 0.1) is 0 Å². The number of nitrogens with zero attached hydrogens (tertiary/aromatic N) is 1. The van der Waals surface area contributed by atoms with Gasteiger partial charge in [-0.25, -0.2) is 4.79 Å². The molecule has 178 valence electrons. The third-order valence-corrected chi connectivity index (χ3v) is 9.18. The average Bonchev–Trinajstić information content (AvgIpc) is 3.16. The van der Waals surface area contributed by atoms with E-state index < -0.39 is 11.6 Å². The molecule has 2 saturated carbocycles. The van der Waals surface area contributed by atoms with Crippen molar-refractivity contribution in [2.75, 3.05) is 19.6 Å². The molecule has 0 amide bonds. The number of aliphatic hydroxyl groups is 1. The van der Waals surface area contributed by atoms with Crippen LogP contribution in [0.1, 0.15) is 58.6 Å². The fourth-order valence-corrected chi connectivity index (χ4v) is 6.69. The number of hydrogen-bond donors (Lipinski definition) is 1. The molecule has 2 aromatic rings. The Morgan fingerprint density at radius 3 is 2.00 bits per heavy atom.